The van der Waals surface area contributed by atoms with Gasteiger partial charge in [0.2, 0.25) is 11.7 Å². The molecule has 2 aliphatic heterocycles. The Labute approximate surface area is 253 Å². The summed E-state index contributed by atoms with van der Waals surface area (Å²) in [5.74, 6) is -0.962. The molecular weight excluding hydrogens is 567 g/mol. The summed E-state index contributed by atoms with van der Waals surface area (Å²) >= 11 is 2.88. The summed E-state index contributed by atoms with van der Waals surface area (Å²) < 4.78 is 5.87. The molecule has 2 amide bonds. The smallest absolute Gasteiger partial charge is 0.265 e. The van der Waals surface area contributed by atoms with Gasteiger partial charge in [-0.15, -0.1) is 22.7 Å². The summed E-state index contributed by atoms with van der Waals surface area (Å²) in [5, 5.41) is 7.17. The minimum Gasteiger partial charge on any atom is -0.458 e. The molecule has 0 saturated carbocycles. The number of nitrogens with one attached hydrogen (secondary N) is 1. The average Bonchev–Trinajstić information content (AvgIpc) is 3.83. The Hall–Kier alpha value is -3.79. The molecular formula is C33H33N3O4S2. The third-order valence-electron chi connectivity index (χ3n) is 8.14. The van der Waals surface area contributed by atoms with E-state index < -0.39 is 23.9 Å². The van der Waals surface area contributed by atoms with E-state index in [0.29, 0.717) is 36.8 Å². The highest BCUT2D eigenvalue weighted by atomic mass is 32.1. The van der Waals surface area contributed by atoms with Gasteiger partial charge in [0, 0.05) is 37.0 Å². The van der Waals surface area contributed by atoms with E-state index in [9.17, 15) is 14.4 Å². The van der Waals surface area contributed by atoms with Crippen LogP contribution in [0.4, 0.5) is 0 Å². The molecule has 0 bridgehead atoms. The Morgan fingerprint density at radius 2 is 1.71 bits per heavy atom. The first-order valence-corrected chi connectivity index (χ1v) is 15.9. The monoisotopic (exact) mass is 599 g/mol. The van der Waals surface area contributed by atoms with Crippen LogP contribution in [0.2, 0.25) is 0 Å². The van der Waals surface area contributed by atoms with Crippen molar-refractivity contribution >= 4 is 46.3 Å². The van der Waals surface area contributed by atoms with Crippen molar-refractivity contribution in [2.75, 3.05) is 26.2 Å². The summed E-state index contributed by atoms with van der Waals surface area (Å²) in [6.07, 6.45) is 3.88. The van der Waals surface area contributed by atoms with Gasteiger partial charge in [-0.2, -0.15) is 0 Å². The van der Waals surface area contributed by atoms with Gasteiger partial charge in [0.25, 0.3) is 5.91 Å². The lowest BCUT2D eigenvalue weighted by atomic mass is 9.80. The lowest BCUT2D eigenvalue weighted by molar-refractivity contribution is -0.136. The minimum absolute atomic E-state index is 0.122. The van der Waals surface area contributed by atoms with Crippen molar-refractivity contribution in [2.24, 2.45) is 5.92 Å². The van der Waals surface area contributed by atoms with E-state index in [1.54, 1.807) is 23.1 Å². The van der Waals surface area contributed by atoms with Gasteiger partial charge in [-0.05, 0) is 60.0 Å². The molecule has 6 rings (SSSR count). The van der Waals surface area contributed by atoms with Crippen molar-refractivity contribution in [3.05, 3.63) is 110 Å². The number of furan rings is 1. The Morgan fingerprint density at radius 1 is 0.929 bits per heavy atom. The first-order chi connectivity index (χ1) is 20.4. The SMILES string of the molecule is Cc1ccc(C(=O)C2C(c3sccc3C)C(C(=O)N3CCNCC3)N(C(=O)c3cccs3)C2C=Cc2ccccc2)o1. The van der Waals surface area contributed by atoms with Gasteiger partial charge < -0.3 is 19.5 Å². The number of hydrogen-bond donors (Lipinski definition) is 1. The second-order valence-corrected chi connectivity index (χ2v) is 12.7. The first-order valence-electron chi connectivity index (χ1n) is 14.2. The fourth-order valence-electron chi connectivity index (χ4n) is 6.14. The van der Waals surface area contributed by atoms with E-state index in [0.717, 1.165) is 16.0 Å². The van der Waals surface area contributed by atoms with Crippen LogP contribution in [0.3, 0.4) is 0 Å². The lowest BCUT2D eigenvalue weighted by Gasteiger charge is -2.35. The van der Waals surface area contributed by atoms with Crippen molar-refractivity contribution in [2.45, 2.75) is 31.8 Å². The van der Waals surface area contributed by atoms with Gasteiger partial charge in [-0.25, -0.2) is 0 Å². The molecule has 216 valence electrons. The van der Waals surface area contributed by atoms with Crippen molar-refractivity contribution < 1.29 is 18.8 Å². The molecule has 0 radical (unpaired) electrons. The number of likely N-dealkylation sites (tertiary alicyclic amines) is 1. The van der Waals surface area contributed by atoms with Crippen LogP contribution in [0.1, 0.15) is 47.9 Å². The van der Waals surface area contributed by atoms with E-state index in [4.69, 9.17) is 4.42 Å². The van der Waals surface area contributed by atoms with Crippen molar-refractivity contribution in [3.63, 3.8) is 0 Å². The number of Topliss-reactive ketones (excluding diaryl/α,β-unsaturated/α-hetero) is 1. The molecule has 1 N–H and O–H groups in total. The fourth-order valence-corrected chi connectivity index (χ4v) is 7.91. The van der Waals surface area contributed by atoms with E-state index >= 15 is 0 Å². The summed E-state index contributed by atoms with van der Waals surface area (Å²) in [4.78, 5) is 48.5. The fraction of sp³-hybridized carbons (Fsp3) is 0.303. The number of carbonyl (C=O) groups is 3. The summed E-state index contributed by atoms with van der Waals surface area (Å²) in [6.45, 7) is 6.29. The molecule has 0 spiro atoms. The van der Waals surface area contributed by atoms with Crippen LogP contribution in [0.25, 0.3) is 6.08 Å². The van der Waals surface area contributed by atoms with Gasteiger partial charge in [-0.1, -0.05) is 48.6 Å². The van der Waals surface area contributed by atoms with Gasteiger partial charge in [0.1, 0.15) is 11.8 Å². The van der Waals surface area contributed by atoms with E-state index in [1.807, 2.05) is 84.1 Å². The Morgan fingerprint density at radius 3 is 2.36 bits per heavy atom. The number of ketones is 1. The number of aryl methyl sites for hydroxylation is 2. The van der Waals surface area contributed by atoms with Crippen molar-refractivity contribution in [1.29, 1.82) is 0 Å². The molecule has 0 aliphatic carbocycles. The zero-order valence-corrected chi connectivity index (χ0v) is 25.2. The molecule has 5 heterocycles. The summed E-state index contributed by atoms with van der Waals surface area (Å²) in [6, 6.07) is 17.4. The van der Waals surface area contributed by atoms with Gasteiger partial charge in [0.15, 0.2) is 5.76 Å². The third-order valence-corrected chi connectivity index (χ3v) is 10.1. The van der Waals surface area contributed by atoms with E-state index in [2.05, 4.69) is 5.32 Å². The number of amides is 2. The maximum atomic E-state index is 14.6. The Balaban J connectivity index is 1.56. The van der Waals surface area contributed by atoms with Crippen LogP contribution in [-0.4, -0.2) is 65.7 Å². The molecule has 42 heavy (non-hydrogen) atoms. The number of piperazine rings is 1. The normalized spacial score (nSPS) is 22.6. The molecule has 4 aromatic rings. The van der Waals surface area contributed by atoms with E-state index in [-0.39, 0.29) is 23.4 Å². The zero-order valence-electron chi connectivity index (χ0n) is 23.6. The van der Waals surface area contributed by atoms with Crippen molar-refractivity contribution in [3.8, 4) is 0 Å². The predicted molar refractivity (Wildman–Crippen MR) is 166 cm³/mol. The Kier molecular flexibility index (Phi) is 8.24. The molecule has 9 heteroatoms. The second-order valence-electron chi connectivity index (χ2n) is 10.8. The maximum Gasteiger partial charge on any atom is 0.265 e. The van der Waals surface area contributed by atoms with Gasteiger partial charge in [-0.3, -0.25) is 14.4 Å². The van der Waals surface area contributed by atoms with Crippen LogP contribution in [0.15, 0.2) is 81.9 Å². The number of rotatable bonds is 7. The largest absolute Gasteiger partial charge is 0.458 e. The highest BCUT2D eigenvalue weighted by Gasteiger charge is 2.58. The third kappa shape index (κ3) is 5.40. The molecule has 3 aromatic heterocycles. The summed E-state index contributed by atoms with van der Waals surface area (Å²) in [5.41, 5.74) is 1.95. The zero-order chi connectivity index (χ0) is 29.2. The molecule has 7 nitrogen and oxygen atoms in total. The van der Waals surface area contributed by atoms with Gasteiger partial charge >= 0.3 is 0 Å². The quantitative estimate of drug-likeness (QED) is 0.278. The van der Waals surface area contributed by atoms with Crippen LogP contribution in [0, 0.1) is 19.8 Å². The van der Waals surface area contributed by atoms with Crippen LogP contribution in [0.5, 0.6) is 0 Å². The Bertz CT molecular complexity index is 1580. The minimum atomic E-state index is -0.856. The number of nitrogens with zero attached hydrogens (tertiary/aromatic N) is 2. The molecule has 1 aromatic carbocycles. The van der Waals surface area contributed by atoms with Crippen LogP contribution >= 0.6 is 22.7 Å². The second kappa shape index (κ2) is 12.2. The number of benzene rings is 1. The number of carbonyl (C=O) groups excluding carboxylic acids is 3. The average molecular weight is 600 g/mol. The van der Waals surface area contributed by atoms with Crippen molar-refractivity contribution in [1.82, 2.24) is 15.1 Å². The first kappa shape index (κ1) is 28.3. The van der Waals surface area contributed by atoms with E-state index in [1.165, 1.54) is 22.7 Å². The van der Waals surface area contributed by atoms with Gasteiger partial charge in [0.05, 0.1) is 16.8 Å². The highest BCUT2D eigenvalue weighted by Crippen LogP contribution is 2.48. The molecule has 2 saturated heterocycles. The predicted octanol–water partition coefficient (Wildman–Crippen LogP) is 5.64. The molecule has 2 fully saturated rings. The number of thiophene rings is 2. The maximum absolute atomic E-state index is 14.6. The topological polar surface area (TPSA) is 82.9 Å². The van der Waals surface area contributed by atoms with Crippen LogP contribution < -0.4 is 5.32 Å². The van der Waals surface area contributed by atoms with Crippen LogP contribution in [-0.2, 0) is 4.79 Å². The molecule has 4 unspecified atom stereocenters. The molecule has 4 atom stereocenters. The molecule has 2 aliphatic rings. The lowest BCUT2D eigenvalue weighted by Crippen LogP contribution is -2.55. The summed E-state index contributed by atoms with van der Waals surface area (Å²) in [7, 11) is 0. The highest BCUT2D eigenvalue weighted by molar-refractivity contribution is 7.12. The standard InChI is InChI=1S/C33H33N3O4S2/c1-21-14-20-42-31(21)28-27(30(37)25-13-10-22(2)40-25)24(12-11-23-7-4-3-5-8-23)36(32(38)26-9-6-19-41-26)29(28)33(39)35-17-15-34-16-18-35/h3-14,19-20,24,27-29,34H,15-18H2,1-2H3. The number of hydrogen-bond acceptors (Lipinski definition) is 7.